The Balaban J connectivity index is 1.71. The minimum Gasteiger partial charge on any atom is -0.490 e. The van der Waals surface area contributed by atoms with Crippen LogP contribution in [0.4, 0.5) is 5.69 Å². The maximum atomic E-state index is 12.4. The van der Waals surface area contributed by atoms with E-state index in [4.69, 9.17) is 4.74 Å². The molecule has 1 aromatic carbocycles. The van der Waals surface area contributed by atoms with Crippen LogP contribution in [0.25, 0.3) is 0 Å². The Kier molecular flexibility index (Phi) is 4.49. The summed E-state index contributed by atoms with van der Waals surface area (Å²) in [6, 6.07) is 4.63. The topological polar surface area (TPSA) is 93.8 Å². The smallest absolute Gasteiger partial charge is 0.311 e. The van der Waals surface area contributed by atoms with Crippen LogP contribution in [-0.2, 0) is 4.79 Å². The van der Waals surface area contributed by atoms with Crippen molar-refractivity contribution in [3.8, 4) is 5.75 Å². The fourth-order valence-electron chi connectivity index (χ4n) is 4.18. The van der Waals surface area contributed by atoms with Crippen LogP contribution in [0.5, 0.6) is 5.75 Å². The highest BCUT2D eigenvalue weighted by molar-refractivity contribution is 6.00. The Hall–Kier alpha value is -2.44. The molecule has 2 saturated carbocycles. The van der Waals surface area contributed by atoms with Gasteiger partial charge < -0.3 is 4.74 Å². The molecule has 0 bridgehead atoms. The summed E-state index contributed by atoms with van der Waals surface area (Å²) < 4.78 is 4.99. The zero-order valence-electron chi connectivity index (χ0n) is 14.7. The van der Waals surface area contributed by atoms with Crippen LogP contribution in [0.1, 0.15) is 45.1 Å². The van der Waals surface area contributed by atoms with E-state index in [1.54, 1.807) is 13.0 Å². The highest BCUT2D eigenvalue weighted by Crippen LogP contribution is 2.66. The molecule has 3 atom stereocenters. The second-order valence-electron chi connectivity index (χ2n) is 7.15. The average Bonchev–Trinajstić information content (AvgIpc) is 3.24. The molecule has 0 radical (unpaired) electrons. The Morgan fingerprint density at radius 3 is 2.80 bits per heavy atom. The van der Waals surface area contributed by atoms with E-state index in [1.165, 1.54) is 32.1 Å². The summed E-state index contributed by atoms with van der Waals surface area (Å²) in [6.45, 7) is 3.90. The lowest BCUT2D eigenvalue weighted by atomic mass is 9.90. The number of nitrogens with one attached hydrogen (secondary N) is 1. The number of nitro groups is 1. The number of fused-ring (bicyclic) bond motifs is 1. The van der Waals surface area contributed by atoms with Gasteiger partial charge in [0, 0.05) is 17.5 Å². The highest BCUT2D eigenvalue weighted by Gasteiger charge is 2.64. The van der Waals surface area contributed by atoms with Gasteiger partial charge in [-0.2, -0.15) is 5.10 Å². The lowest BCUT2D eigenvalue weighted by Crippen LogP contribution is -2.23. The van der Waals surface area contributed by atoms with E-state index in [2.05, 4.69) is 17.5 Å². The number of nitro benzene ring substituents is 1. The first-order valence-corrected chi connectivity index (χ1v) is 8.55. The molecule has 2 aliphatic carbocycles. The van der Waals surface area contributed by atoms with Gasteiger partial charge in [-0.25, -0.2) is 5.43 Å². The molecule has 1 aromatic rings. The van der Waals surface area contributed by atoms with E-state index >= 15 is 0 Å². The van der Waals surface area contributed by atoms with Crippen molar-refractivity contribution in [3.63, 3.8) is 0 Å². The summed E-state index contributed by atoms with van der Waals surface area (Å²) in [7, 11) is 1.39. The first kappa shape index (κ1) is 17.4. The number of nitrogens with zero attached hydrogens (tertiary/aromatic N) is 2. The van der Waals surface area contributed by atoms with E-state index in [0.29, 0.717) is 17.2 Å². The summed E-state index contributed by atoms with van der Waals surface area (Å²) in [5.41, 5.74) is 3.75. The second-order valence-corrected chi connectivity index (χ2v) is 7.15. The summed E-state index contributed by atoms with van der Waals surface area (Å²) in [5, 5.41) is 15.3. The maximum Gasteiger partial charge on any atom is 0.311 e. The SMILES string of the molecule is COc1ccc(/C(C)=N\NC(=O)[C@@H]2[C@H]3CCCC[C@]32C)cc1[N+](=O)[O-]. The third kappa shape index (κ3) is 3.10. The minimum atomic E-state index is -0.496. The van der Waals surface area contributed by atoms with E-state index < -0.39 is 4.92 Å². The normalized spacial score (nSPS) is 28.0. The number of hydrogen-bond acceptors (Lipinski definition) is 5. The van der Waals surface area contributed by atoms with Crippen molar-refractivity contribution in [1.82, 2.24) is 5.43 Å². The van der Waals surface area contributed by atoms with Crippen LogP contribution in [0.3, 0.4) is 0 Å². The quantitative estimate of drug-likeness (QED) is 0.503. The fraction of sp³-hybridized carbons (Fsp3) is 0.556. The monoisotopic (exact) mass is 345 g/mol. The minimum absolute atomic E-state index is 0.0387. The number of hydrazone groups is 1. The Labute approximate surface area is 146 Å². The molecule has 134 valence electrons. The number of carbonyl (C=O) groups is 1. The van der Waals surface area contributed by atoms with E-state index in [9.17, 15) is 14.9 Å². The zero-order chi connectivity index (χ0) is 18.2. The molecule has 2 fully saturated rings. The molecule has 25 heavy (non-hydrogen) atoms. The molecular weight excluding hydrogens is 322 g/mol. The summed E-state index contributed by atoms with van der Waals surface area (Å²) in [4.78, 5) is 23.1. The predicted octanol–water partition coefficient (Wildman–Crippen LogP) is 3.27. The van der Waals surface area contributed by atoms with Crippen molar-refractivity contribution in [3.05, 3.63) is 33.9 Å². The molecule has 0 saturated heterocycles. The van der Waals surface area contributed by atoms with E-state index in [1.807, 2.05) is 0 Å². The van der Waals surface area contributed by atoms with Crippen LogP contribution >= 0.6 is 0 Å². The van der Waals surface area contributed by atoms with Gasteiger partial charge in [-0.1, -0.05) is 19.8 Å². The highest BCUT2D eigenvalue weighted by atomic mass is 16.6. The largest absolute Gasteiger partial charge is 0.490 e. The molecule has 3 rings (SSSR count). The fourth-order valence-corrected chi connectivity index (χ4v) is 4.18. The molecule has 0 heterocycles. The van der Waals surface area contributed by atoms with Crippen molar-refractivity contribution in [2.24, 2.45) is 22.4 Å². The van der Waals surface area contributed by atoms with Gasteiger partial charge in [0.2, 0.25) is 5.91 Å². The Morgan fingerprint density at radius 2 is 2.20 bits per heavy atom. The lowest BCUT2D eigenvalue weighted by Gasteiger charge is -2.15. The Morgan fingerprint density at radius 1 is 1.44 bits per heavy atom. The van der Waals surface area contributed by atoms with Crippen LogP contribution in [0.15, 0.2) is 23.3 Å². The third-order valence-electron chi connectivity index (χ3n) is 5.74. The maximum absolute atomic E-state index is 12.4. The van der Waals surface area contributed by atoms with Gasteiger partial charge >= 0.3 is 5.69 Å². The second kappa shape index (κ2) is 6.46. The van der Waals surface area contributed by atoms with Crippen molar-refractivity contribution in [1.29, 1.82) is 0 Å². The van der Waals surface area contributed by atoms with Gasteiger partial charge in [-0.3, -0.25) is 14.9 Å². The first-order chi connectivity index (χ1) is 11.9. The van der Waals surface area contributed by atoms with Gasteiger partial charge in [0.15, 0.2) is 5.75 Å². The number of carbonyl (C=O) groups excluding carboxylic acids is 1. The molecular formula is C18H23N3O4. The molecule has 1 N–H and O–H groups in total. The van der Waals surface area contributed by atoms with Crippen LogP contribution in [-0.4, -0.2) is 23.7 Å². The van der Waals surface area contributed by atoms with Gasteiger partial charge in [-0.15, -0.1) is 0 Å². The molecule has 1 amide bonds. The van der Waals surface area contributed by atoms with E-state index in [0.717, 1.165) is 12.8 Å². The molecule has 7 heteroatoms. The van der Waals surface area contributed by atoms with Gasteiger partial charge in [0.05, 0.1) is 17.7 Å². The Bertz CT molecular complexity index is 746. The van der Waals surface area contributed by atoms with Crippen molar-refractivity contribution >= 4 is 17.3 Å². The molecule has 0 aliphatic heterocycles. The lowest BCUT2D eigenvalue weighted by molar-refractivity contribution is -0.385. The number of methoxy groups -OCH3 is 1. The van der Waals surface area contributed by atoms with Crippen LogP contribution in [0, 0.1) is 27.4 Å². The number of ether oxygens (including phenoxy) is 1. The van der Waals surface area contributed by atoms with Gasteiger partial charge in [0.25, 0.3) is 0 Å². The van der Waals surface area contributed by atoms with Crippen molar-refractivity contribution in [2.45, 2.75) is 39.5 Å². The number of benzene rings is 1. The number of amides is 1. The van der Waals surface area contributed by atoms with Crippen molar-refractivity contribution < 1.29 is 14.5 Å². The summed E-state index contributed by atoms with van der Waals surface area (Å²) in [6.07, 6.45) is 4.60. The molecule has 0 unspecified atom stereocenters. The van der Waals surface area contributed by atoms with Crippen molar-refractivity contribution in [2.75, 3.05) is 7.11 Å². The molecule has 2 aliphatic rings. The zero-order valence-corrected chi connectivity index (χ0v) is 14.7. The molecule has 7 nitrogen and oxygen atoms in total. The van der Waals surface area contributed by atoms with E-state index in [-0.39, 0.29) is 28.7 Å². The molecule has 0 spiro atoms. The van der Waals surface area contributed by atoms with Gasteiger partial charge in [-0.05, 0) is 43.2 Å². The third-order valence-corrected chi connectivity index (χ3v) is 5.74. The molecule has 0 aromatic heterocycles. The summed E-state index contributed by atoms with van der Waals surface area (Å²) in [5.74, 6) is 0.660. The number of hydrogen-bond donors (Lipinski definition) is 1. The number of rotatable bonds is 5. The standard InChI is InChI=1S/C18H23N3O4/c1-11(12-7-8-15(25-3)14(10-12)21(23)24)19-20-17(22)16-13-6-4-5-9-18(13,16)2/h7-8,10,13,16H,4-6,9H2,1-3H3,(H,20,22)/b19-11-/t13-,16+,18-/m1/s1. The average molecular weight is 345 g/mol. The van der Waals surface area contributed by atoms with Crippen LogP contribution < -0.4 is 10.2 Å². The summed E-state index contributed by atoms with van der Waals surface area (Å²) >= 11 is 0. The first-order valence-electron chi connectivity index (χ1n) is 8.55. The van der Waals surface area contributed by atoms with Gasteiger partial charge in [0.1, 0.15) is 0 Å². The predicted molar refractivity (Wildman–Crippen MR) is 93.6 cm³/mol. The van der Waals surface area contributed by atoms with Crippen LogP contribution in [0.2, 0.25) is 0 Å².